The molecule has 0 saturated heterocycles. The average molecular weight is 393 g/mol. The first-order valence-electron chi connectivity index (χ1n) is 7.75. The average Bonchev–Trinajstić information content (AvgIpc) is 2.52. The highest BCUT2D eigenvalue weighted by molar-refractivity contribution is 7.81. The van der Waals surface area contributed by atoms with Crippen LogP contribution in [-0.4, -0.2) is 10.2 Å². The molecular formula is C18H21ClN4S2. The number of benzene rings is 2. The first-order chi connectivity index (χ1) is 11.8. The van der Waals surface area contributed by atoms with Gasteiger partial charge in [0.1, 0.15) is 0 Å². The number of thiocarbonyl (C=S) groups is 2. The van der Waals surface area contributed by atoms with Crippen LogP contribution in [0.5, 0.6) is 0 Å². The zero-order chi connectivity index (χ0) is 18.6. The van der Waals surface area contributed by atoms with E-state index in [0.29, 0.717) is 15.2 Å². The van der Waals surface area contributed by atoms with E-state index in [4.69, 9.17) is 36.0 Å². The lowest BCUT2D eigenvalue weighted by molar-refractivity contribution is 0.885. The van der Waals surface area contributed by atoms with E-state index < -0.39 is 0 Å². The summed E-state index contributed by atoms with van der Waals surface area (Å²) in [5.74, 6) is 0. The van der Waals surface area contributed by atoms with E-state index in [0.717, 1.165) is 33.6 Å². The molecule has 2 aromatic carbocycles. The van der Waals surface area contributed by atoms with Crippen LogP contribution in [0, 0.1) is 27.7 Å². The van der Waals surface area contributed by atoms with Gasteiger partial charge in [0.25, 0.3) is 0 Å². The number of hydrazine groups is 1. The molecule has 0 amide bonds. The number of anilines is 2. The summed E-state index contributed by atoms with van der Waals surface area (Å²) in [5, 5.41) is 7.68. The molecule has 2 aromatic rings. The summed E-state index contributed by atoms with van der Waals surface area (Å²) < 4.78 is 0. The molecule has 2 rings (SSSR count). The molecule has 4 nitrogen and oxygen atoms in total. The van der Waals surface area contributed by atoms with Crippen LogP contribution in [0.3, 0.4) is 0 Å². The van der Waals surface area contributed by atoms with Crippen molar-refractivity contribution in [2.45, 2.75) is 27.7 Å². The minimum atomic E-state index is 0.375. The summed E-state index contributed by atoms with van der Waals surface area (Å²) in [6.07, 6.45) is 0. The molecule has 0 atom stereocenters. The second-order valence-corrected chi connectivity index (χ2v) is 7.09. The van der Waals surface area contributed by atoms with Crippen LogP contribution < -0.4 is 21.5 Å². The van der Waals surface area contributed by atoms with E-state index in [1.807, 2.05) is 58.0 Å². The van der Waals surface area contributed by atoms with E-state index in [1.54, 1.807) is 0 Å². The summed E-state index contributed by atoms with van der Waals surface area (Å²) in [4.78, 5) is 0. The highest BCUT2D eigenvalue weighted by atomic mass is 35.5. The number of para-hydroxylation sites is 1. The van der Waals surface area contributed by atoms with Gasteiger partial charge in [-0.1, -0.05) is 35.9 Å². The van der Waals surface area contributed by atoms with Crippen molar-refractivity contribution >= 4 is 57.6 Å². The summed E-state index contributed by atoms with van der Waals surface area (Å²) in [7, 11) is 0. The monoisotopic (exact) mass is 392 g/mol. The fourth-order valence-corrected chi connectivity index (χ4v) is 3.16. The molecule has 0 saturated carbocycles. The highest BCUT2D eigenvalue weighted by Gasteiger charge is 2.08. The van der Waals surface area contributed by atoms with Gasteiger partial charge in [0.05, 0.1) is 10.7 Å². The van der Waals surface area contributed by atoms with Crippen LogP contribution in [0.4, 0.5) is 11.4 Å². The first-order valence-corrected chi connectivity index (χ1v) is 8.94. The quantitative estimate of drug-likeness (QED) is 0.436. The Morgan fingerprint density at radius 3 is 1.84 bits per heavy atom. The van der Waals surface area contributed by atoms with Crippen molar-refractivity contribution in [3.63, 3.8) is 0 Å². The van der Waals surface area contributed by atoms with Gasteiger partial charge in [-0.2, -0.15) is 0 Å². The fraction of sp³-hybridized carbons (Fsp3) is 0.222. The lowest BCUT2D eigenvalue weighted by Gasteiger charge is -2.18. The number of hydrogen-bond acceptors (Lipinski definition) is 2. The van der Waals surface area contributed by atoms with Gasteiger partial charge in [0.2, 0.25) is 0 Å². The minimum absolute atomic E-state index is 0.375. The van der Waals surface area contributed by atoms with Crippen molar-refractivity contribution in [1.82, 2.24) is 10.9 Å². The molecule has 0 aromatic heterocycles. The molecule has 4 N–H and O–H groups in total. The lowest BCUT2D eigenvalue weighted by atomic mass is 10.1. The van der Waals surface area contributed by atoms with E-state index in [1.165, 1.54) is 0 Å². The SMILES string of the molecule is Cc1cc(C)c(NC(=S)NNC(=S)Nc2c(C)cccc2C)c(Cl)c1. The Morgan fingerprint density at radius 2 is 1.32 bits per heavy atom. The fourth-order valence-electron chi connectivity index (χ4n) is 2.49. The van der Waals surface area contributed by atoms with Crippen LogP contribution >= 0.6 is 36.0 Å². The maximum absolute atomic E-state index is 6.28. The van der Waals surface area contributed by atoms with Gasteiger partial charge < -0.3 is 10.6 Å². The molecule has 0 unspecified atom stereocenters. The number of aryl methyl sites for hydroxylation is 4. The molecule has 0 spiro atoms. The topological polar surface area (TPSA) is 48.1 Å². The molecule has 0 aliphatic rings. The third kappa shape index (κ3) is 5.29. The van der Waals surface area contributed by atoms with Crippen molar-refractivity contribution in [1.29, 1.82) is 0 Å². The second-order valence-electron chi connectivity index (χ2n) is 5.86. The summed E-state index contributed by atoms with van der Waals surface area (Å²) in [5.41, 5.74) is 11.9. The molecule has 0 radical (unpaired) electrons. The molecular weight excluding hydrogens is 372 g/mol. The van der Waals surface area contributed by atoms with E-state index in [9.17, 15) is 0 Å². The Balaban J connectivity index is 1.93. The molecule has 0 aliphatic carbocycles. The molecule has 0 heterocycles. The Kier molecular flexibility index (Phi) is 6.58. The first kappa shape index (κ1) is 19.4. The third-order valence-corrected chi connectivity index (χ3v) is 4.39. The molecule has 132 valence electrons. The van der Waals surface area contributed by atoms with Gasteiger partial charge in [0, 0.05) is 5.69 Å². The second kappa shape index (κ2) is 8.47. The van der Waals surface area contributed by atoms with Crippen LogP contribution in [0.1, 0.15) is 22.3 Å². The zero-order valence-corrected chi connectivity index (χ0v) is 17.0. The van der Waals surface area contributed by atoms with E-state index in [-0.39, 0.29) is 0 Å². The summed E-state index contributed by atoms with van der Waals surface area (Å²) >= 11 is 16.9. The smallest absolute Gasteiger partial charge is 0.189 e. The highest BCUT2D eigenvalue weighted by Crippen LogP contribution is 2.27. The zero-order valence-electron chi connectivity index (χ0n) is 14.6. The van der Waals surface area contributed by atoms with Gasteiger partial charge in [-0.15, -0.1) is 0 Å². The van der Waals surface area contributed by atoms with Gasteiger partial charge in [-0.3, -0.25) is 10.9 Å². The maximum atomic E-state index is 6.28. The molecule has 0 bridgehead atoms. The number of hydrogen-bond donors (Lipinski definition) is 4. The molecule has 7 heteroatoms. The van der Waals surface area contributed by atoms with Crippen LogP contribution in [-0.2, 0) is 0 Å². The van der Waals surface area contributed by atoms with Crippen LogP contribution in [0.15, 0.2) is 30.3 Å². The number of nitrogens with one attached hydrogen (secondary N) is 4. The third-order valence-electron chi connectivity index (χ3n) is 3.68. The van der Waals surface area contributed by atoms with Crippen LogP contribution in [0.2, 0.25) is 5.02 Å². The van der Waals surface area contributed by atoms with E-state index in [2.05, 4.69) is 21.5 Å². The minimum Gasteiger partial charge on any atom is -0.331 e. The predicted octanol–water partition coefficient (Wildman–Crippen LogP) is 4.76. The maximum Gasteiger partial charge on any atom is 0.189 e. The van der Waals surface area contributed by atoms with Gasteiger partial charge in [-0.25, -0.2) is 0 Å². The molecule has 25 heavy (non-hydrogen) atoms. The number of halogens is 1. The Bertz CT molecular complexity index is 777. The molecule has 0 fully saturated rings. The van der Waals surface area contributed by atoms with Crippen LogP contribution in [0.25, 0.3) is 0 Å². The van der Waals surface area contributed by atoms with Gasteiger partial charge in [-0.05, 0) is 80.5 Å². The van der Waals surface area contributed by atoms with Gasteiger partial charge in [0.15, 0.2) is 10.2 Å². The predicted molar refractivity (Wildman–Crippen MR) is 116 cm³/mol. The van der Waals surface area contributed by atoms with Crippen molar-refractivity contribution in [3.05, 3.63) is 57.6 Å². The van der Waals surface area contributed by atoms with E-state index >= 15 is 0 Å². The lowest BCUT2D eigenvalue weighted by Crippen LogP contribution is -2.45. The Hall–Kier alpha value is -1.89. The van der Waals surface area contributed by atoms with Crippen molar-refractivity contribution in [2.24, 2.45) is 0 Å². The standard InChI is InChI=1S/C18H21ClN4S2/c1-10-8-13(4)16(14(19)9-10)21-18(25)23-22-17(24)20-15-11(2)6-5-7-12(15)3/h5-9H,1-4H3,(H2,20,22,24)(H2,21,23,25). The Morgan fingerprint density at radius 1 is 0.800 bits per heavy atom. The molecule has 0 aliphatic heterocycles. The summed E-state index contributed by atoms with van der Waals surface area (Å²) in [6.45, 7) is 8.03. The normalized spacial score (nSPS) is 10.1. The Labute approximate surface area is 164 Å². The van der Waals surface area contributed by atoms with Crippen molar-refractivity contribution < 1.29 is 0 Å². The van der Waals surface area contributed by atoms with Gasteiger partial charge >= 0.3 is 0 Å². The number of rotatable bonds is 2. The summed E-state index contributed by atoms with van der Waals surface area (Å²) in [6, 6.07) is 9.99. The largest absolute Gasteiger partial charge is 0.331 e. The van der Waals surface area contributed by atoms with Crippen molar-refractivity contribution in [3.8, 4) is 0 Å². The van der Waals surface area contributed by atoms with Crippen molar-refractivity contribution in [2.75, 3.05) is 10.6 Å².